The molecule has 3 rings (SSSR count). The summed E-state index contributed by atoms with van der Waals surface area (Å²) in [5, 5.41) is 0. The molecule has 60 valence electrons. The Morgan fingerprint density at radius 1 is 1.27 bits per heavy atom. The second-order valence-corrected chi connectivity index (χ2v) is 3.68. The molecular formula is C8H10O3. The van der Waals surface area contributed by atoms with Crippen LogP contribution in [0.3, 0.4) is 0 Å². The van der Waals surface area contributed by atoms with E-state index in [0.717, 1.165) is 12.8 Å². The maximum Gasteiger partial charge on any atom is 0.309 e. The Hall–Kier alpha value is -0.570. The van der Waals surface area contributed by atoms with Crippen LogP contribution in [0.1, 0.15) is 12.8 Å². The topological polar surface area (TPSA) is 38.8 Å². The van der Waals surface area contributed by atoms with E-state index >= 15 is 0 Å². The molecule has 3 fully saturated rings. The van der Waals surface area contributed by atoms with E-state index in [1.165, 1.54) is 0 Å². The summed E-state index contributed by atoms with van der Waals surface area (Å²) in [6.45, 7) is 0.635. The van der Waals surface area contributed by atoms with Gasteiger partial charge in [0.15, 0.2) is 0 Å². The van der Waals surface area contributed by atoms with Crippen LogP contribution < -0.4 is 0 Å². The predicted octanol–water partition coefficient (Wildman–Crippen LogP) is 0.337. The highest BCUT2D eigenvalue weighted by Gasteiger charge is 2.53. The van der Waals surface area contributed by atoms with Gasteiger partial charge in [-0.05, 0) is 12.8 Å². The summed E-state index contributed by atoms with van der Waals surface area (Å²) in [5.74, 6) is 0.633. The fourth-order valence-corrected chi connectivity index (χ4v) is 2.27. The Kier molecular flexibility index (Phi) is 0.969. The van der Waals surface area contributed by atoms with Gasteiger partial charge < -0.3 is 9.47 Å². The largest absolute Gasteiger partial charge is 0.465 e. The smallest absolute Gasteiger partial charge is 0.309 e. The molecule has 0 spiro atoms. The molecule has 3 nitrogen and oxygen atoms in total. The van der Waals surface area contributed by atoms with Gasteiger partial charge in [-0.2, -0.15) is 0 Å². The number of fused-ring (bicyclic) bond motifs is 2. The molecule has 0 amide bonds. The lowest BCUT2D eigenvalue weighted by molar-refractivity contribution is -0.141. The normalized spacial score (nSPS) is 52.9. The van der Waals surface area contributed by atoms with Crippen LogP contribution in [0.5, 0.6) is 0 Å². The maximum absolute atomic E-state index is 11.1. The minimum Gasteiger partial charge on any atom is -0.465 e. The number of ether oxygens (including phenoxy) is 2. The lowest BCUT2D eigenvalue weighted by Crippen LogP contribution is -2.24. The molecule has 0 N–H and O–H groups in total. The van der Waals surface area contributed by atoms with Crippen LogP contribution in [-0.4, -0.2) is 24.8 Å². The third kappa shape index (κ3) is 0.745. The number of rotatable bonds is 0. The lowest BCUT2D eigenvalue weighted by atomic mass is 9.81. The van der Waals surface area contributed by atoms with E-state index < -0.39 is 0 Å². The Balaban J connectivity index is 1.84. The van der Waals surface area contributed by atoms with Crippen LogP contribution in [0.4, 0.5) is 0 Å². The standard InChI is InChI=1S/C8H10O3/c9-8-5-2-7-6(11-7)1-4(5)3-10-8/h4-7H,1-3H2/t4-,5-,6-,7+/m0/s1. The molecular weight excluding hydrogens is 144 g/mol. The predicted molar refractivity (Wildman–Crippen MR) is 35.8 cm³/mol. The molecule has 0 aromatic carbocycles. The van der Waals surface area contributed by atoms with Crippen molar-refractivity contribution in [2.24, 2.45) is 11.8 Å². The minimum absolute atomic E-state index is 0.00366. The Labute approximate surface area is 64.7 Å². The summed E-state index contributed by atoms with van der Waals surface area (Å²) in [4.78, 5) is 11.1. The molecule has 0 radical (unpaired) electrons. The van der Waals surface area contributed by atoms with E-state index in [1.807, 2.05) is 0 Å². The molecule has 0 aromatic rings. The number of esters is 1. The van der Waals surface area contributed by atoms with Gasteiger partial charge in [-0.3, -0.25) is 4.79 Å². The molecule has 2 heterocycles. The number of hydrogen-bond acceptors (Lipinski definition) is 3. The van der Waals surface area contributed by atoms with Gasteiger partial charge in [-0.1, -0.05) is 0 Å². The molecule has 0 aromatic heterocycles. The maximum atomic E-state index is 11.1. The first-order chi connectivity index (χ1) is 5.34. The fraction of sp³-hybridized carbons (Fsp3) is 0.875. The zero-order chi connectivity index (χ0) is 7.42. The van der Waals surface area contributed by atoms with Crippen LogP contribution in [0.2, 0.25) is 0 Å². The molecule has 0 bridgehead atoms. The summed E-state index contributed by atoms with van der Waals surface area (Å²) < 4.78 is 10.3. The van der Waals surface area contributed by atoms with E-state index in [0.29, 0.717) is 24.7 Å². The van der Waals surface area contributed by atoms with Crippen LogP contribution in [-0.2, 0) is 14.3 Å². The second kappa shape index (κ2) is 1.78. The van der Waals surface area contributed by atoms with E-state index in [2.05, 4.69) is 0 Å². The molecule has 0 unspecified atom stereocenters. The number of carbonyl (C=O) groups is 1. The zero-order valence-corrected chi connectivity index (χ0v) is 6.16. The number of epoxide rings is 1. The van der Waals surface area contributed by atoms with Crippen molar-refractivity contribution in [1.29, 1.82) is 0 Å². The summed E-state index contributed by atoms with van der Waals surface area (Å²) in [6.07, 6.45) is 2.81. The Morgan fingerprint density at radius 2 is 2.09 bits per heavy atom. The first-order valence-corrected chi connectivity index (χ1v) is 4.16. The van der Waals surface area contributed by atoms with Crippen LogP contribution in [0, 0.1) is 11.8 Å². The van der Waals surface area contributed by atoms with Gasteiger partial charge in [0, 0.05) is 5.92 Å². The summed E-state index contributed by atoms with van der Waals surface area (Å²) in [5.41, 5.74) is 0. The third-order valence-electron chi connectivity index (χ3n) is 3.02. The van der Waals surface area contributed by atoms with E-state index in [4.69, 9.17) is 9.47 Å². The van der Waals surface area contributed by atoms with Gasteiger partial charge in [0.1, 0.15) is 0 Å². The number of hydrogen-bond donors (Lipinski definition) is 0. The zero-order valence-electron chi connectivity index (χ0n) is 6.16. The van der Waals surface area contributed by atoms with Crippen molar-refractivity contribution in [3.8, 4) is 0 Å². The summed E-state index contributed by atoms with van der Waals surface area (Å²) in [7, 11) is 0. The highest BCUT2D eigenvalue weighted by atomic mass is 16.6. The highest BCUT2D eigenvalue weighted by molar-refractivity contribution is 5.75. The van der Waals surface area contributed by atoms with Crippen molar-refractivity contribution in [2.45, 2.75) is 25.0 Å². The van der Waals surface area contributed by atoms with Crippen LogP contribution >= 0.6 is 0 Å². The average molecular weight is 154 g/mol. The Bertz CT molecular complexity index is 213. The van der Waals surface area contributed by atoms with Crippen molar-refractivity contribution < 1.29 is 14.3 Å². The number of cyclic esters (lactones) is 1. The monoisotopic (exact) mass is 154 g/mol. The van der Waals surface area contributed by atoms with Gasteiger partial charge in [-0.25, -0.2) is 0 Å². The van der Waals surface area contributed by atoms with Crippen LogP contribution in [0.15, 0.2) is 0 Å². The third-order valence-corrected chi connectivity index (χ3v) is 3.02. The molecule has 3 aliphatic rings. The molecule has 1 saturated carbocycles. The SMILES string of the molecule is O=C1OC[C@@H]2C[C@@H]3O[C@@H]3C[C@H]12. The molecule has 3 heteroatoms. The molecule has 1 aliphatic carbocycles. The van der Waals surface area contributed by atoms with Crippen molar-refractivity contribution in [3.63, 3.8) is 0 Å². The van der Waals surface area contributed by atoms with Gasteiger partial charge in [0.25, 0.3) is 0 Å². The average Bonchev–Trinajstić information content (AvgIpc) is 2.68. The first-order valence-electron chi connectivity index (χ1n) is 4.16. The molecule has 2 aliphatic heterocycles. The van der Waals surface area contributed by atoms with Crippen molar-refractivity contribution in [2.75, 3.05) is 6.61 Å². The lowest BCUT2D eigenvalue weighted by Gasteiger charge is -2.16. The molecule has 2 saturated heterocycles. The second-order valence-electron chi connectivity index (χ2n) is 3.68. The van der Waals surface area contributed by atoms with Gasteiger partial charge in [0.05, 0.1) is 24.7 Å². The van der Waals surface area contributed by atoms with Gasteiger partial charge in [-0.15, -0.1) is 0 Å². The summed E-state index contributed by atoms with van der Waals surface area (Å²) in [6, 6.07) is 0. The van der Waals surface area contributed by atoms with Crippen LogP contribution in [0.25, 0.3) is 0 Å². The van der Waals surface area contributed by atoms with Gasteiger partial charge in [0.2, 0.25) is 0 Å². The highest BCUT2D eigenvalue weighted by Crippen LogP contribution is 2.45. The molecule has 11 heavy (non-hydrogen) atoms. The van der Waals surface area contributed by atoms with Crippen molar-refractivity contribution in [3.05, 3.63) is 0 Å². The quantitative estimate of drug-likeness (QED) is 0.373. The number of carbonyl (C=O) groups excluding carboxylic acids is 1. The van der Waals surface area contributed by atoms with Gasteiger partial charge >= 0.3 is 5.97 Å². The first kappa shape index (κ1) is 6.00. The van der Waals surface area contributed by atoms with Crippen molar-refractivity contribution in [1.82, 2.24) is 0 Å². The molecule has 4 atom stereocenters. The fourth-order valence-electron chi connectivity index (χ4n) is 2.27. The Morgan fingerprint density at radius 3 is 3.00 bits per heavy atom. The van der Waals surface area contributed by atoms with E-state index in [9.17, 15) is 4.79 Å². The minimum atomic E-state index is 0.00366. The van der Waals surface area contributed by atoms with Crippen molar-refractivity contribution >= 4 is 5.97 Å². The summed E-state index contributed by atoms with van der Waals surface area (Å²) >= 11 is 0. The van der Waals surface area contributed by atoms with E-state index in [1.54, 1.807) is 0 Å². The van der Waals surface area contributed by atoms with E-state index in [-0.39, 0.29) is 11.9 Å².